The fourth-order valence-corrected chi connectivity index (χ4v) is 5.64. The van der Waals surface area contributed by atoms with E-state index in [1.165, 1.54) is 25.0 Å². The van der Waals surface area contributed by atoms with E-state index in [1.807, 2.05) is 4.90 Å². The van der Waals surface area contributed by atoms with E-state index in [9.17, 15) is 18.0 Å². The number of anilines is 1. The van der Waals surface area contributed by atoms with Crippen LogP contribution >= 0.6 is 0 Å². The van der Waals surface area contributed by atoms with Crippen molar-refractivity contribution in [1.82, 2.24) is 9.80 Å². The molecule has 2 saturated heterocycles. The molecule has 0 spiro atoms. The first-order valence-electron chi connectivity index (χ1n) is 11.7. The van der Waals surface area contributed by atoms with Crippen LogP contribution in [0.3, 0.4) is 0 Å². The van der Waals surface area contributed by atoms with Gasteiger partial charge in [0.1, 0.15) is 0 Å². The average Bonchev–Trinajstić information content (AvgIpc) is 3.14. The van der Waals surface area contributed by atoms with Crippen molar-refractivity contribution in [2.45, 2.75) is 43.4 Å². The highest BCUT2D eigenvalue weighted by Gasteiger charge is 2.30. The molecule has 0 saturated carbocycles. The topological polar surface area (TPSA) is 86.8 Å². The lowest BCUT2D eigenvalue weighted by Gasteiger charge is -2.34. The number of piperidine rings is 1. The first-order chi connectivity index (χ1) is 15.9. The second kappa shape index (κ2) is 10.4. The molecule has 0 atom stereocenters. The molecule has 2 fully saturated rings. The van der Waals surface area contributed by atoms with E-state index in [4.69, 9.17) is 0 Å². The van der Waals surface area contributed by atoms with Gasteiger partial charge in [-0.25, -0.2) is 8.42 Å². The zero-order valence-corrected chi connectivity index (χ0v) is 19.6. The third-order valence-electron chi connectivity index (χ3n) is 6.49. The summed E-state index contributed by atoms with van der Waals surface area (Å²) in [6.07, 6.45) is 5.94. The summed E-state index contributed by atoms with van der Waals surface area (Å²) in [6, 6.07) is 14.6. The van der Waals surface area contributed by atoms with Gasteiger partial charge in [-0.1, -0.05) is 31.0 Å². The lowest BCUT2D eigenvalue weighted by atomic mass is 9.94. The van der Waals surface area contributed by atoms with Gasteiger partial charge in [-0.05, 0) is 62.1 Å². The molecule has 0 unspecified atom stereocenters. The van der Waals surface area contributed by atoms with E-state index >= 15 is 0 Å². The molecule has 2 aromatic carbocycles. The molecule has 0 aromatic heterocycles. The molecule has 4 rings (SSSR count). The quantitative estimate of drug-likeness (QED) is 0.723. The summed E-state index contributed by atoms with van der Waals surface area (Å²) in [4.78, 5) is 29.8. The number of nitrogens with zero attached hydrogens (tertiary/aromatic N) is 2. The molecule has 8 heteroatoms. The van der Waals surface area contributed by atoms with Gasteiger partial charge in [0.2, 0.25) is 5.91 Å². The molecule has 2 amide bonds. The monoisotopic (exact) mass is 469 g/mol. The Balaban J connectivity index is 1.32. The molecule has 0 radical (unpaired) electrons. The number of amides is 2. The number of carbonyl (C=O) groups excluding carboxylic acids is 2. The van der Waals surface area contributed by atoms with Crippen molar-refractivity contribution in [1.29, 1.82) is 0 Å². The fourth-order valence-electron chi connectivity index (χ4n) is 4.56. The SMILES string of the molecule is O=C(c1ccc(NS(=O)(=O)c2ccccc2)cc1)N1CCC(C(=O)N2CCCCCC2)CC1. The molecular formula is C25H31N3O4S. The summed E-state index contributed by atoms with van der Waals surface area (Å²) in [7, 11) is -3.67. The van der Waals surface area contributed by atoms with Crippen LogP contribution in [0.15, 0.2) is 59.5 Å². The molecule has 2 aliphatic heterocycles. The Bertz CT molecular complexity index is 1050. The molecule has 33 heavy (non-hydrogen) atoms. The highest BCUT2D eigenvalue weighted by atomic mass is 32.2. The normalized spacial score (nSPS) is 17.9. The number of hydrogen-bond acceptors (Lipinski definition) is 4. The summed E-state index contributed by atoms with van der Waals surface area (Å²) in [5, 5.41) is 0. The smallest absolute Gasteiger partial charge is 0.261 e. The Hall–Kier alpha value is -2.87. The van der Waals surface area contributed by atoms with Gasteiger partial charge in [-0.2, -0.15) is 0 Å². The van der Waals surface area contributed by atoms with Gasteiger partial charge in [0, 0.05) is 43.3 Å². The van der Waals surface area contributed by atoms with Gasteiger partial charge in [-0.3, -0.25) is 14.3 Å². The van der Waals surface area contributed by atoms with Gasteiger partial charge in [0.15, 0.2) is 0 Å². The van der Waals surface area contributed by atoms with Crippen LogP contribution in [-0.2, 0) is 14.8 Å². The summed E-state index contributed by atoms with van der Waals surface area (Å²) >= 11 is 0. The molecule has 0 aliphatic carbocycles. The first kappa shape index (κ1) is 23.3. The average molecular weight is 470 g/mol. The van der Waals surface area contributed by atoms with Crippen molar-refractivity contribution in [3.63, 3.8) is 0 Å². The summed E-state index contributed by atoms with van der Waals surface area (Å²) < 4.78 is 27.5. The van der Waals surface area contributed by atoms with Crippen molar-refractivity contribution in [3.8, 4) is 0 Å². The number of carbonyl (C=O) groups is 2. The van der Waals surface area contributed by atoms with Crippen molar-refractivity contribution < 1.29 is 18.0 Å². The maximum Gasteiger partial charge on any atom is 0.261 e. The van der Waals surface area contributed by atoms with Crippen molar-refractivity contribution >= 4 is 27.5 Å². The van der Waals surface area contributed by atoms with Gasteiger partial charge >= 0.3 is 0 Å². The third kappa shape index (κ3) is 5.74. The van der Waals surface area contributed by atoms with E-state index in [2.05, 4.69) is 4.72 Å². The Morgan fingerprint density at radius 2 is 1.36 bits per heavy atom. The Morgan fingerprint density at radius 3 is 1.97 bits per heavy atom. The zero-order valence-electron chi connectivity index (χ0n) is 18.8. The van der Waals surface area contributed by atoms with Crippen molar-refractivity contribution in [2.24, 2.45) is 5.92 Å². The molecule has 0 bridgehead atoms. The highest BCUT2D eigenvalue weighted by Crippen LogP contribution is 2.24. The predicted molar refractivity (Wildman–Crippen MR) is 127 cm³/mol. The van der Waals surface area contributed by atoms with Gasteiger partial charge in [0.05, 0.1) is 4.90 Å². The van der Waals surface area contributed by atoms with Crippen molar-refractivity contribution in [2.75, 3.05) is 30.9 Å². The predicted octanol–water partition coefficient (Wildman–Crippen LogP) is 3.74. The maximum absolute atomic E-state index is 12.9. The van der Waals surface area contributed by atoms with E-state index in [0.717, 1.165) is 25.9 Å². The van der Waals surface area contributed by atoms with E-state index in [0.29, 0.717) is 37.2 Å². The molecule has 2 heterocycles. The van der Waals surface area contributed by atoms with Crippen molar-refractivity contribution in [3.05, 3.63) is 60.2 Å². The second-order valence-corrected chi connectivity index (χ2v) is 10.5. The molecule has 2 aromatic rings. The van der Waals surface area contributed by atoms with Crippen LogP contribution in [0, 0.1) is 5.92 Å². The Kier molecular flexibility index (Phi) is 7.33. The number of sulfonamides is 1. The standard InChI is InChI=1S/C25H31N3O4S/c29-24(28-18-14-21(15-19-28)25(30)27-16-6-1-2-7-17-27)20-10-12-22(13-11-20)26-33(31,32)23-8-4-3-5-9-23/h3-5,8-13,21,26H,1-2,6-7,14-19H2. The lowest BCUT2D eigenvalue weighted by molar-refractivity contribution is -0.136. The van der Waals surface area contributed by atoms with E-state index in [-0.39, 0.29) is 22.6 Å². The Labute approximate surface area is 195 Å². The summed E-state index contributed by atoms with van der Waals surface area (Å²) in [6.45, 7) is 2.84. The molecule has 7 nitrogen and oxygen atoms in total. The minimum atomic E-state index is -3.67. The second-order valence-electron chi connectivity index (χ2n) is 8.80. The highest BCUT2D eigenvalue weighted by molar-refractivity contribution is 7.92. The molecule has 176 valence electrons. The number of nitrogens with one attached hydrogen (secondary N) is 1. The van der Waals surface area contributed by atoms with Crippen LogP contribution < -0.4 is 4.72 Å². The third-order valence-corrected chi connectivity index (χ3v) is 7.88. The minimum Gasteiger partial charge on any atom is -0.342 e. The van der Waals surface area contributed by atoms with Crippen LogP contribution in [0.2, 0.25) is 0 Å². The van der Waals surface area contributed by atoms with Gasteiger partial charge in [0.25, 0.3) is 15.9 Å². The maximum atomic E-state index is 12.9. The lowest BCUT2D eigenvalue weighted by Crippen LogP contribution is -2.44. The number of likely N-dealkylation sites (tertiary alicyclic amines) is 2. The van der Waals surface area contributed by atoms with Crippen LogP contribution in [0.25, 0.3) is 0 Å². The summed E-state index contributed by atoms with van der Waals surface area (Å²) in [5.41, 5.74) is 0.909. The summed E-state index contributed by atoms with van der Waals surface area (Å²) in [5.74, 6) is 0.161. The first-order valence-corrected chi connectivity index (χ1v) is 13.2. The van der Waals surface area contributed by atoms with E-state index in [1.54, 1.807) is 47.4 Å². The molecule has 1 N–H and O–H groups in total. The Morgan fingerprint density at radius 1 is 0.758 bits per heavy atom. The minimum absolute atomic E-state index is 0.00178. The van der Waals surface area contributed by atoms with Crippen LogP contribution in [0.1, 0.15) is 48.9 Å². The number of rotatable bonds is 5. The fraction of sp³-hybridized carbons (Fsp3) is 0.440. The van der Waals surface area contributed by atoms with Crippen LogP contribution in [-0.4, -0.2) is 56.2 Å². The van der Waals surface area contributed by atoms with Gasteiger partial charge < -0.3 is 9.80 Å². The zero-order chi connectivity index (χ0) is 23.3. The number of benzene rings is 2. The van der Waals surface area contributed by atoms with Crippen LogP contribution in [0.4, 0.5) is 5.69 Å². The molecule has 2 aliphatic rings. The largest absolute Gasteiger partial charge is 0.342 e. The van der Waals surface area contributed by atoms with Crippen LogP contribution in [0.5, 0.6) is 0 Å². The van der Waals surface area contributed by atoms with Gasteiger partial charge in [-0.15, -0.1) is 0 Å². The van der Waals surface area contributed by atoms with E-state index < -0.39 is 10.0 Å². The number of hydrogen-bond donors (Lipinski definition) is 1. The molecular weight excluding hydrogens is 438 g/mol.